The van der Waals surface area contributed by atoms with Gasteiger partial charge in [-0.05, 0) is 37.0 Å². The quantitative estimate of drug-likeness (QED) is 0.0593. The van der Waals surface area contributed by atoms with Crippen LogP contribution in [0.15, 0.2) is 0 Å². The van der Waals surface area contributed by atoms with Crippen molar-refractivity contribution in [2.24, 2.45) is 17.8 Å². The van der Waals surface area contributed by atoms with Gasteiger partial charge < -0.3 is 47.2 Å². The Balaban J connectivity index is 3.36. The standard InChI is InChI=1S/C35H58N6O12S/c1-6-19(4)29(41-33(50)25(16-28(45)46)36-20(5)42)34(51)39-23(14-18(2)3)31(48)37-22(12-13-27(43)44)30(47)38-24(15-21-10-8-7-9-11-21)32(49)40-26(17-54)35(52)53/h18-19,21-26,29,54H,6-17H2,1-5H3,(H,36,42)(H,37,48)(H,38,47)(H,39,51)(H,40,49)(H,41,50)(H,43,44)(H,45,46)(H,52,53)/t19-,22+,23+,24+,25+,26+,29-/m1/s1. The minimum atomic E-state index is -1.49. The summed E-state index contributed by atoms with van der Waals surface area (Å²) in [7, 11) is 0. The first-order chi connectivity index (χ1) is 25.3. The number of amides is 6. The van der Waals surface area contributed by atoms with Gasteiger partial charge in [0.05, 0.1) is 6.42 Å². The fraction of sp³-hybridized carbons (Fsp3) is 0.743. The Bertz CT molecular complexity index is 1330. The van der Waals surface area contributed by atoms with Gasteiger partial charge in [-0.2, -0.15) is 12.6 Å². The van der Waals surface area contributed by atoms with Gasteiger partial charge >= 0.3 is 17.9 Å². The highest BCUT2D eigenvalue weighted by Gasteiger charge is 2.36. The molecular formula is C35H58N6O12S. The van der Waals surface area contributed by atoms with Crippen molar-refractivity contribution in [1.29, 1.82) is 0 Å². The lowest BCUT2D eigenvalue weighted by Gasteiger charge is -2.30. The molecule has 0 spiro atoms. The second-order valence-electron chi connectivity index (χ2n) is 14.3. The predicted octanol–water partition coefficient (Wildman–Crippen LogP) is 0.332. The summed E-state index contributed by atoms with van der Waals surface area (Å²) in [6.45, 7) is 8.02. The number of thiol groups is 1. The van der Waals surface area contributed by atoms with Crippen LogP contribution in [-0.4, -0.2) is 111 Å². The molecule has 1 fully saturated rings. The predicted molar refractivity (Wildman–Crippen MR) is 198 cm³/mol. The molecule has 19 heteroatoms. The van der Waals surface area contributed by atoms with Crippen LogP contribution >= 0.6 is 12.6 Å². The van der Waals surface area contributed by atoms with Crippen molar-refractivity contribution in [1.82, 2.24) is 31.9 Å². The lowest BCUT2D eigenvalue weighted by atomic mass is 9.84. The van der Waals surface area contributed by atoms with Crippen LogP contribution in [0, 0.1) is 17.8 Å². The molecule has 1 aliphatic rings. The van der Waals surface area contributed by atoms with Crippen molar-refractivity contribution in [2.75, 3.05) is 5.75 Å². The number of aliphatic carboxylic acids is 3. The monoisotopic (exact) mass is 786 g/mol. The van der Waals surface area contributed by atoms with E-state index in [1.54, 1.807) is 27.7 Å². The van der Waals surface area contributed by atoms with E-state index in [2.05, 4.69) is 44.5 Å². The molecule has 0 saturated heterocycles. The number of hydrogen-bond acceptors (Lipinski definition) is 10. The first-order valence-electron chi connectivity index (χ1n) is 18.4. The summed E-state index contributed by atoms with van der Waals surface area (Å²) in [4.78, 5) is 114. The van der Waals surface area contributed by atoms with Gasteiger partial charge in [0.1, 0.15) is 36.3 Å². The summed E-state index contributed by atoms with van der Waals surface area (Å²) in [5, 5.41) is 43.0. The maximum absolute atomic E-state index is 13.8. The van der Waals surface area contributed by atoms with Crippen molar-refractivity contribution in [3.05, 3.63) is 0 Å². The molecule has 0 aromatic heterocycles. The lowest BCUT2D eigenvalue weighted by Crippen LogP contribution is -2.60. The van der Waals surface area contributed by atoms with E-state index in [1.807, 2.05) is 0 Å². The highest BCUT2D eigenvalue weighted by Crippen LogP contribution is 2.27. The van der Waals surface area contributed by atoms with Gasteiger partial charge in [-0.25, -0.2) is 4.79 Å². The first kappa shape index (κ1) is 47.6. The van der Waals surface area contributed by atoms with Crippen LogP contribution in [0.2, 0.25) is 0 Å². The van der Waals surface area contributed by atoms with Gasteiger partial charge in [0.15, 0.2) is 0 Å². The van der Waals surface area contributed by atoms with Gasteiger partial charge in [0, 0.05) is 19.1 Å². The van der Waals surface area contributed by atoms with Crippen LogP contribution < -0.4 is 31.9 Å². The minimum absolute atomic E-state index is 0.0448. The van der Waals surface area contributed by atoms with E-state index in [9.17, 15) is 58.5 Å². The highest BCUT2D eigenvalue weighted by atomic mass is 32.1. The molecule has 0 radical (unpaired) electrons. The largest absolute Gasteiger partial charge is 0.481 e. The van der Waals surface area contributed by atoms with E-state index in [4.69, 9.17) is 0 Å². The minimum Gasteiger partial charge on any atom is -0.481 e. The Morgan fingerprint density at radius 3 is 1.67 bits per heavy atom. The van der Waals surface area contributed by atoms with E-state index in [1.165, 1.54) is 0 Å². The second-order valence-corrected chi connectivity index (χ2v) is 14.7. The molecule has 1 rings (SSSR count). The van der Waals surface area contributed by atoms with Crippen molar-refractivity contribution < 1.29 is 58.5 Å². The summed E-state index contributed by atoms with van der Waals surface area (Å²) in [6, 6.07) is -8.08. The van der Waals surface area contributed by atoms with Gasteiger partial charge in [-0.3, -0.25) is 38.4 Å². The van der Waals surface area contributed by atoms with Crippen molar-refractivity contribution in [3.8, 4) is 0 Å². The average molecular weight is 787 g/mol. The van der Waals surface area contributed by atoms with Gasteiger partial charge in [-0.15, -0.1) is 0 Å². The Morgan fingerprint density at radius 1 is 0.648 bits per heavy atom. The zero-order valence-electron chi connectivity index (χ0n) is 31.6. The van der Waals surface area contributed by atoms with Crippen LogP contribution in [0.1, 0.15) is 105 Å². The second kappa shape index (κ2) is 24.1. The molecule has 306 valence electrons. The Labute approximate surface area is 320 Å². The molecule has 0 heterocycles. The van der Waals surface area contributed by atoms with Crippen molar-refractivity contribution >= 4 is 66.0 Å². The lowest BCUT2D eigenvalue weighted by molar-refractivity contribution is -0.142. The molecule has 0 aromatic carbocycles. The maximum atomic E-state index is 13.8. The zero-order chi connectivity index (χ0) is 41.1. The highest BCUT2D eigenvalue weighted by molar-refractivity contribution is 7.80. The number of hydrogen-bond donors (Lipinski definition) is 10. The Morgan fingerprint density at radius 2 is 1.17 bits per heavy atom. The summed E-state index contributed by atoms with van der Waals surface area (Å²) in [6.07, 6.45) is 3.34. The van der Waals surface area contributed by atoms with Crippen LogP contribution in [0.4, 0.5) is 0 Å². The molecule has 0 aromatic rings. The number of carboxylic acid groups (broad SMARTS) is 3. The molecule has 0 aliphatic heterocycles. The topological polar surface area (TPSA) is 286 Å². The first-order valence-corrected chi connectivity index (χ1v) is 19.0. The average Bonchev–Trinajstić information content (AvgIpc) is 3.09. The third-order valence-electron chi connectivity index (χ3n) is 9.21. The molecule has 1 saturated carbocycles. The van der Waals surface area contributed by atoms with Crippen molar-refractivity contribution in [3.63, 3.8) is 0 Å². The fourth-order valence-corrected chi connectivity index (χ4v) is 6.32. The molecule has 6 amide bonds. The number of carboxylic acids is 3. The maximum Gasteiger partial charge on any atom is 0.327 e. The Kier molecular flexibility index (Phi) is 21.2. The third-order valence-corrected chi connectivity index (χ3v) is 9.57. The number of nitrogens with one attached hydrogen (secondary N) is 6. The molecule has 54 heavy (non-hydrogen) atoms. The normalized spacial score (nSPS) is 16.9. The molecule has 7 atom stereocenters. The van der Waals surface area contributed by atoms with Gasteiger partial charge in [0.2, 0.25) is 35.4 Å². The molecular weight excluding hydrogens is 728 g/mol. The summed E-state index contributed by atoms with van der Waals surface area (Å²) in [5.74, 6) is -9.77. The number of carbonyl (C=O) groups is 9. The van der Waals surface area contributed by atoms with E-state index >= 15 is 0 Å². The van der Waals surface area contributed by atoms with Crippen LogP contribution in [0.5, 0.6) is 0 Å². The van der Waals surface area contributed by atoms with Crippen LogP contribution in [0.25, 0.3) is 0 Å². The molecule has 0 unspecified atom stereocenters. The Hall–Kier alpha value is -4.42. The number of carbonyl (C=O) groups excluding carboxylic acids is 6. The smallest absolute Gasteiger partial charge is 0.327 e. The molecule has 1 aliphatic carbocycles. The molecule has 9 N–H and O–H groups in total. The van der Waals surface area contributed by atoms with E-state index in [0.29, 0.717) is 6.42 Å². The molecule has 0 bridgehead atoms. The number of rotatable bonds is 24. The molecule has 18 nitrogen and oxygen atoms in total. The van der Waals surface area contributed by atoms with E-state index in [0.717, 1.165) is 39.0 Å². The van der Waals surface area contributed by atoms with Crippen molar-refractivity contribution in [2.45, 2.75) is 141 Å². The third kappa shape index (κ3) is 17.6. The fourth-order valence-electron chi connectivity index (χ4n) is 6.08. The van der Waals surface area contributed by atoms with Gasteiger partial charge in [-0.1, -0.05) is 66.2 Å². The summed E-state index contributed by atoms with van der Waals surface area (Å²) < 4.78 is 0. The van der Waals surface area contributed by atoms with Gasteiger partial charge in [0.25, 0.3) is 0 Å². The zero-order valence-corrected chi connectivity index (χ0v) is 32.5. The SMILES string of the molecule is CC[C@@H](C)[C@@H](NC(=O)[C@H](CC(=O)O)NC(C)=O)C(=O)N[C@@H](CC(C)C)C(=O)N[C@@H](CCC(=O)O)C(=O)N[C@@H](CC1CCCCC1)C(=O)N[C@@H](CS)C(=O)O. The van der Waals surface area contributed by atoms with E-state index < -0.39 is 108 Å². The summed E-state index contributed by atoms with van der Waals surface area (Å²) >= 11 is 3.99. The van der Waals surface area contributed by atoms with Crippen LogP contribution in [0.3, 0.4) is 0 Å². The summed E-state index contributed by atoms with van der Waals surface area (Å²) in [5.41, 5.74) is 0. The van der Waals surface area contributed by atoms with Crippen LogP contribution in [-0.2, 0) is 43.2 Å². The van der Waals surface area contributed by atoms with E-state index in [-0.39, 0.29) is 36.9 Å².